The number of carbonyl (C=O) groups is 2. The van der Waals surface area contributed by atoms with Crippen LogP contribution in [0, 0.1) is 0 Å². The smallest absolute Gasteiger partial charge is 0.513 e. The summed E-state index contributed by atoms with van der Waals surface area (Å²) in [4.78, 5) is 58.4. The van der Waals surface area contributed by atoms with Crippen molar-refractivity contribution < 1.29 is 76.5 Å². The number of aromatic hydroxyl groups is 2. The molecule has 0 saturated carbocycles. The molecule has 0 aliphatic rings. The van der Waals surface area contributed by atoms with Crippen LogP contribution in [0.2, 0.25) is 0 Å². The lowest BCUT2D eigenvalue weighted by atomic mass is 10.0. The van der Waals surface area contributed by atoms with E-state index >= 15 is 0 Å². The number of rotatable bonds is 25. The van der Waals surface area contributed by atoms with Crippen LogP contribution in [0.25, 0.3) is 6.08 Å². The number of anilines is 1. The maximum absolute atomic E-state index is 14.1. The zero-order chi connectivity index (χ0) is 51.8. The highest BCUT2D eigenvalue weighted by Gasteiger charge is 2.21. The molecule has 380 valence electrons. The molecule has 0 aliphatic carbocycles. The number of ketones is 1. The molecule has 0 spiro atoms. The van der Waals surface area contributed by atoms with Crippen LogP contribution in [0.1, 0.15) is 126 Å². The normalized spacial score (nSPS) is 11.4. The van der Waals surface area contributed by atoms with Crippen LogP contribution in [0.15, 0.2) is 122 Å². The van der Waals surface area contributed by atoms with E-state index < -0.39 is 34.3 Å². The third kappa shape index (κ3) is 31.1. The zero-order valence-electron chi connectivity index (χ0n) is 39.1. The fourth-order valence-electron chi connectivity index (χ4n) is 5.87. The van der Waals surface area contributed by atoms with E-state index in [0.717, 1.165) is 68.9 Å². The number of benzene rings is 4. The van der Waals surface area contributed by atoms with E-state index in [4.69, 9.17) is 40.0 Å². The van der Waals surface area contributed by atoms with Gasteiger partial charge in [0.1, 0.15) is 35.4 Å². The Labute approximate surface area is 403 Å². The molecule has 4 aromatic carbocycles. The van der Waals surface area contributed by atoms with E-state index in [1.54, 1.807) is 42.5 Å². The number of amides is 1. The molecule has 0 fully saturated rings. The molecule has 0 radical (unpaired) electrons. The van der Waals surface area contributed by atoms with Gasteiger partial charge in [-0.3, -0.25) is 29.2 Å². The van der Waals surface area contributed by atoms with E-state index in [1.807, 2.05) is 12.1 Å². The lowest BCUT2D eigenvalue weighted by Gasteiger charge is -2.12. The fourth-order valence-corrected chi connectivity index (χ4v) is 6.70. The van der Waals surface area contributed by atoms with Crippen molar-refractivity contribution in [1.29, 1.82) is 0 Å². The average Bonchev–Trinajstić information content (AvgIpc) is 3.28. The molecule has 9 N–H and O–H groups in total. The topological polar surface area (TPSA) is 261 Å². The highest BCUT2D eigenvalue weighted by Crippen LogP contribution is 2.40. The quantitative estimate of drug-likeness (QED) is 0.0129. The number of hydrogen-bond donors (Lipinski definition) is 9. The zero-order valence-corrected chi connectivity index (χ0v) is 40.9. The summed E-state index contributed by atoms with van der Waals surface area (Å²) in [6.45, 7) is 9.95. The van der Waals surface area contributed by atoms with Gasteiger partial charge in [-0.15, -0.1) is 0 Å². The average molecular weight is 1010 g/mol. The van der Waals surface area contributed by atoms with E-state index in [1.165, 1.54) is 55.0 Å². The van der Waals surface area contributed by atoms with Crippen LogP contribution in [0.5, 0.6) is 23.0 Å². The number of allylic oxidation sites excluding steroid dienone is 2. The van der Waals surface area contributed by atoms with Crippen molar-refractivity contribution in [2.75, 3.05) is 5.32 Å². The van der Waals surface area contributed by atoms with Crippen molar-refractivity contribution in [1.82, 2.24) is 0 Å². The standard InChI is InChI=1S/C16H24FO5P.C14H21FNO5P.C10H12O2.C10H10O2/c1-2-3-4-5-6-7-8-15(18)16(17)13-9-11-14(12-10-13)22-23(19,20)21;1-2-3-4-5-6-14(17)16-12-7-8-13(11(9-12)10-15)21-22(18,19)20;2*1-8(11)2-3-9-4-6-10(12)7-5-9/h9-12,16H,2-8H2,1H3,(H2,19,20,21);7-9H,2-6,10H2,1H3,(H,16,17)(H2,18,19,20);4-7,11-12H,1-3H2;2-7,11-12H,1H2/b;;;3-2+. The van der Waals surface area contributed by atoms with Gasteiger partial charge in [0.2, 0.25) is 5.91 Å². The van der Waals surface area contributed by atoms with Crippen molar-refractivity contribution in [3.63, 3.8) is 0 Å². The summed E-state index contributed by atoms with van der Waals surface area (Å²) in [5.74, 6) is -0.245. The van der Waals surface area contributed by atoms with Crippen LogP contribution in [0.4, 0.5) is 14.5 Å². The van der Waals surface area contributed by atoms with Crippen LogP contribution in [0.3, 0.4) is 0 Å². The molecular formula is C50H67F2NO14P2. The summed E-state index contributed by atoms with van der Waals surface area (Å²) in [5.41, 5.74) is 2.49. The first-order chi connectivity index (χ1) is 32.5. The predicted octanol–water partition coefficient (Wildman–Crippen LogP) is 12.9. The minimum Gasteiger partial charge on any atom is -0.513 e. The number of nitrogens with one attached hydrogen (secondary N) is 1. The maximum Gasteiger partial charge on any atom is 0.524 e. The minimum atomic E-state index is -4.75. The molecule has 19 heteroatoms. The Morgan fingerprint density at radius 2 is 1.22 bits per heavy atom. The summed E-state index contributed by atoms with van der Waals surface area (Å²) in [7, 11) is -9.38. The molecule has 4 aromatic rings. The molecule has 0 heterocycles. The van der Waals surface area contributed by atoms with Gasteiger partial charge in [-0.05, 0) is 96.6 Å². The number of alkyl halides is 2. The Morgan fingerprint density at radius 1 is 0.696 bits per heavy atom. The lowest BCUT2D eigenvalue weighted by Crippen LogP contribution is -2.11. The van der Waals surface area contributed by atoms with Gasteiger partial charge in [-0.2, -0.15) is 0 Å². The number of aryl methyl sites for hydroxylation is 1. The van der Waals surface area contributed by atoms with E-state index in [2.05, 4.69) is 41.4 Å². The van der Waals surface area contributed by atoms with Crippen LogP contribution >= 0.6 is 15.6 Å². The van der Waals surface area contributed by atoms with Crippen LogP contribution in [-0.4, -0.2) is 51.7 Å². The minimum absolute atomic E-state index is 0.0167. The Kier molecular flexibility index (Phi) is 29.9. The van der Waals surface area contributed by atoms with Gasteiger partial charge < -0.3 is 34.8 Å². The number of unbranched alkanes of at least 4 members (excludes halogenated alkanes) is 8. The second kappa shape index (κ2) is 33.7. The molecule has 0 bridgehead atoms. The highest BCUT2D eigenvalue weighted by molar-refractivity contribution is 7.47. The fraction of sp³-hybridized carbons (Fsp3) is 0.360. The molecule has 0 aromatic heterocycles. The van der Waals surface area contributed by atoms with Gasteiger partial charge in [0, 0.05) is 30.5 Å². The summed E-state index contributed by atoms with van der Waals surface area (Å²) >= 11 is 0. The van der Waals surface area contributed by atoms with Crippen molar-refractivity contribution in [2.24, 2.45) is 0 Å². The Balaban J connectivity index is 0.000000479. The number of aliphatic hydroxyl groups is 2. The Morgan fingerprint density at radius 3 is 1.74 bits per heavy atom. The van der Waals surface area contributed by atoms with Gasteiger partial charge in [-0.1, -0.05) is 121 Å². The Bertz CT molecular complexity index is 2260. The number of hydrogen-bond acceptors (Lipinski definition) is 10. The number of aliphatic hydroxyl groups excluding tert-OH is 2. The third-order valence-corrected chi connectivity index (χ3v) is 10.3. The van der Waals surface area contributed by atoms with Crippen LogP contribution in [-0.2, 0) is 31.8 Å². The van der Waals surface area contributed by atoms with Gasteiger partial charge in [0.05, 0.1) is 5.76 Å². The molecule has 15 nitrogen and oxygen atoms in total. The number of Topliss-reactive ketones (excluding diaryl/α,β-unsaturated/α-hetero) is 1. The first-order valence-electron chi connectivity index (χ1n) is 22.3. The van der Waals surface area contributed by atoms with E-state index in [-0.39, 0.29) is 58.0 Å². The van der Waals surface area contributed by atoms with Crippen molar-refractivity contribution >= 4 is 39.1 Å². The number of phenols is 2. The van der Waals surface area contributed by atoms with Crippen molar-refractivity contribution in [2.45, 2.75) is 117 Å². The van der Waals surface area contributed by atoms with E-state index in [9.17, 15) is 27.5 Å². The Hall–Kier alpha value is -5.80. The third-order valence-electron chi connectivity index (χ3n) is 9.42. The second-order valence-electron chi connectivity index (χ2n) is 15.5. The van der Waals surface area contributed by atoms with Crippen LogP contribution < -0.4 is 14.4 Å². The van der Waals surface area contributed by atoms with E-state index in [0.29, 0.717) is 24.9 Å². The first kappa shape index (κ1) is 61.2. The molecular weight excluding hydrogens is 938 g/mol. The SMILES string of the molecule is C=C(O)/C=C/c1ccc(O)cc1.C=C(O)CCc1ccc(O)cc1.CCCCCCC(=O)Nc1ccc(OP(=O)(O)O)c(CF)c1.CCCCCCCCC(=O)C(F)c1ccc(OP(=O)(O)O)cc1. The summed E-state index contributed by atoms with van der Waals surface area (Å²) in [6, 6.07) is 22.6. The number of phenolic OH excluding ortho intramolecular Hbond substituents is 2. The highest BCUT2D eigenvalue weighted by atomic mass is 31.2. The second-order valence-corrected chi connectivity index (χ2v) is 17.9. The molecule has 0 aliphatic heterocycles. The van der Waals surface area contributed by atoms with Crippen molar-refractivity contribution in [3.05, 3.63) is 144 Å². The van der Waals surface area contributed by atoms with Gasteiger partial charge in [0.15, 0.2) is 12.0 Å². The van der Waals surface area contributed by atoms with Gasteiger partial charge >= 0.3 is 15.6 Å². The molecule has 1 unspecified atom stereocenters. The molecule has 1 atom stereocenters. The number of phosphoric acid groups is 2. The number of carbonyl (C=O) groups excluding carboxylic acids is 2. The summed E-state index contributed by atoms with van der Waals surface area (Å²) in [6.07, 6.45) is 13.5. The lowest BCUT2D eigenvalue weighted by molar-refractivity contribution is -0.124. The number of phosphoric ester groups is 2. The summed E-state index contributed by atoms with van der Waals surface area (Å²) < 4.78 is 57.2. The molecule has 1 amide bonds. The monoisotopic (exact) mass is 1010 g/mol. The summed E-state index contributed by atoms with van der Waals surface area (Å²) in [5, 5.41) is 38.1. The van der Waals surface area contributed by atoms with Gasteiger partial charge in [0.25, 0.3) is 0 Å². The van der Waals surface area contributed by atoms with Crippen molar-refractivity contribution in [3.8, 4) is 23.0 Å². The molecule has 69 heavy (non-hydrogen) atoms. The molecule has 0 saturated heterocycles. The first-order valence-corrected chi connectivity index (χ1v) is 25.4. The largest absolute Gasteiger partial charge is 0.524 e. The molecule has 4 rings (SSSR count). The van der Waals surface area contributed by atoms with Gasteiger partial charge in [-0.25, -0.2) is 17.9 Å². The number of halogens is 2. The predicted molar refractivity (Wildman–Crippen MR) is 264 cm³/mol. The maximum atomic E-state index is 14.1.